The summed E-state index contributed by atoms with van der Waals surface area (Å²) in [7, 11) is -3.07. The van der Waals surface area contributed by atoms with E-state index in [4.69, 9.17) is 11.6 Å². The Morgan fingerprint density at radius 2 is 1.88 bits per heavy atom. The van der Waals surface area contributed by atoms with Gasteiger partial charge in [-0.05, 0) is 43.4 Å². The molecule has 3 aromatic rings. The Balaban J connectivity index is 1.69. The van der Waals surface area contributed by atoms with Crippen LogP contribution in [0.2, 0.25) is 5.15 Å². The van der Waals surface area contributed by atoms with E-state index in [-0.39, 0.29) is 39.6 Å². The van der Waals surface area contributed by atoms with Crippen LogP contribution in [-0.2, 0) is 16.0 Å². The van der Waals surface area contributed by atoms with Gasteiger partial charge in [0.25, 0.3) is 0 Å². The fourth-order valence-electron chi connectivity index (χ4n) is 3.97. The highest BCUT2D eigenvalue weighted by Crippen LogP contribution is 2.37. The fourth-order valence-corrected chi connectivity index (χ4v) is 5.75. The maximum Gasteiger partial charge on any atom is 0.419 e. The molecule has 1 N–H and O–H groups in total. The molecule has 0 bridgehead atoms. The second-order valence-electron chi connectivity index (χ2n) is 7.96. The summed E-state index contributed by atoms with van der Waals surface area (Å²) >= 11 is 6.35. The first kappa shape index (κ1) is 23.6. The smallest absolute Gasteiger partial charge is 0.363 e. The molecular weight excluding hydrogens is 484 g/mol. The van der Waals surface area contributed by atoms with Crippen LogP contribution in [0.4, 0.5) is 23.4 Å². The van der Waals surface area contributed by atoms with Crippen molar-refractivity contribution in [2.75, 3.05) is 16.8 Å². The summed E-state index contributed by atoms with van der Waals surface area (Å²) in [5.74, 6) is -1.13. The van der Waals surface area contributed by atoms with E-state index in [1.807, 2.05) is 0 Å². The molecule has 0 amide bonds. The molecule has 176 valence electrons. The van der Waals surface area contributed by atoms with Crippen molar-refractivity contribution in [2.45, 2.75) is 37.9 Å². The number of fused-ring (bicyclic) bond motifs is 1. The molecule has 0 radical (unpaired) electrons. The summed E-state index contributed by atoms with van der Waals surface area (Å²) in [6.07, 6.45) is -2.80. The minimum atomic E-state index is -4.82. The van der Waals surface area contributed by atoms with Crippen LogP contribution in [0.1, 0.15) is 48.4 Å². The molecule has 2 aromatic heterocycles. The first-order valence-corrected chi connectivity index (χ1v) is 12.3. The number of aromatic nitrogens is 3. The summed E-state index contributed by atoms with van der Waals surface area (Å²) in [4.78, 5) is 12.6. The van der Waals surface area contributed by atoms with E-state index in [0.717, 1.165) is 6.07 Å². The molecule has 0 aliphatic carbocycles. The van der Waals surface area contributed by atoms with Crippen molar-refractivity contribution in [3.8, 4) is 0 Å². The van der Waals surface area contributed by atoms with E-state index in [1.165, 1.54) is 19.3 Å². The molecular formula is C21H19ClF4N4O2S. The predicted octanol–water partition coefficient (Wildman–Crippen LogP) is 5.30. The normalized spacial score (nSPS) is 17.8. The number of alkyl halides is 3. The number of benzene rings is 1. The maximum atomic E-state index is 14.6. The Bertz CT molecular complexity index is 1300. The number of hydrogen-bond donors (Lipinski definition) is 1. The van der Waals surface area contributed by atoms with Crippen LogP contribution in [0.3, 0.4) is 0 Å². The number of halogens is 5. The molecule has 0 saturated carbocycles. The van der Waals surface area contributed by atoms with Crippen LogP contribution in [0.5, 0.6) is 0 Å². The lowest BCUT2D eigenvalue weighted by molar-refractivity contribution is -0.140. The lowest BCUT2D eigenvalue weighted by Crippen LogP contribution is -2.22. The van der Waals surface area contributed by atoms with Crippen molar-refractivity contribution in [1.82, 2.24) is 15.0 Å². The molecule has 33 heavy (non-hydrogen) atoms. The number of sulfone groups is 1. The molecule has 0 unspecified atom stereocenters. The highest BCUT2D eigenvalue weighted by molar-refractivity contribution is 7.91. The molecule has 1 aliphatic heterocycles. The van der Waals surface area contributed by atoms with Crippen LogP contribution in [0.15, 0.2) is 30.6 Å². The lowest BCUT2D eigenvalue weighted by Gasteiger charge is -2.23. The second-order valence-corrected chi connectivity index (χ2v) is 10.6. The molecule has 12 heteroatoms. The van der Waals surface area contributed by atoms with Crippen molar-refractivity contribution >= 4 is 38.3 Å². The standard InChI is InChI=1S/C21H19ClF4N4O2S/c1-11(13-3-2-4-16(17(13)23)21(24,25)26)29-19-15-9-14(12-5-7-33(31,32)8-6-12)18(22)30-20(15)28-10-27-19/h2-4,9-12H,5-8H2,1H3,(H,27,28,29,30)/t11-/m1/s1. The topological polar surface area (TPSA) is 84.8 Å². The van der Waals surface area contributed by atoms with Gasteiger partial charge in [0.15, 0.2) is 5.65 Å². The van der Waals surface area contributed by atoms with Crippen LogP contribution < -0.4 is 5.32 Å². The maximum absolute atomic E-state index is 14.6. The summed E-state index contributed by atoms with van der Waals surface area (Å²) in [6, 6.07) is 3.96. The Morgan fingerprint density at radius 1 is 1.18 bits per heavy atom. The quantitative estimate of drug-likeness (QED) is 0.385. The van der Waals surface area contributed by atoms with Gasteiger partial charge >= 0.3 is 6.18 Å². The zero-order chi connectivity index (χ0) is 24.0. The number of hydrogen-bond acceptors (Lipinski definition) is 6. The average molecular weight is 503 g/mol. The van der Waals surface area contributed by atoms with E-state index in [9.17, 15) is 26.0 Å². The minimum absolute atomic E-state index is 0.0499. The second kappa shape index (κ2) is 8.68. The molecule has 3 heterocycles. The SMILES string of the molecule is C[C@@H](Nc1ncnc2nc(Cl)c(C3CCS(=O)(=O)CC3)cc12)c1cccc(C(F)(F)F)c1F. The molecule has 1 atom stereocenters. The van der Waals surface area contributed by atoms with Crippen LogP contribution in [0.25, 0.3) is 11.0 Å². The highest BCUT2D eigenvalue weighted by atomic mass is 35.5. The van der Waals surface area contributed by atoms with Gasteiger partial charge < -0.3 is 5.32 Å². The summed E-state index contributed by atoms with van der Waals surface area (Å²) < 4.78 is 77.4. The zero-order valence-electron chi connectivity index (χ0n) is 17.3. The number of anilines is 1. The highest BCUT2D eigenvalue weighted by Gasteiger charge is 2.35. The van der Waals surface area contributed by atoms with E-state index in [2.05, 4.69) is 20.3 Å². The predicted molar refractivity (Wildman–Crippen MR) is 116 cm³/mol. The van der Waals surface area contributed by atoms with Gasteiger partial charge in [0, 0.05) is 5.56 Å². The number of nitrogens with zero attached hydrogens (tertiary/aromatic N) is 3. The van der Waals surface area contributed by atoms with E-state index in [0.29, 0.717) is 29.9 Å². The van der Waals surface area contributed by atoms with E-state index < -0.39 is 33.4 Å². The zero-order valence-corrected chi connectivity index (χ0v) is 18.9. The third-order valence-corrected chi connectivity index (χ3v) is 7.77. The van der Waals surface area contributed by atoms with Crippen molar-refractivity contribution < 1.29 is 26.0 Å². The van der Waals surface area contributed by atoms with Gasteiger partial charge in [-0.25, -0.2) is 27.8 Å². The Morgan fingerprint density at radius 3 is 2.55 bits per heavy atom. The number of rotatable bonds is 4. The molecule has 1 aromatic carbocycles. The molecule has 6 nitrogen and oxygen atoms in total. The van der Waals surface area contributed by atoms with E-state index >= 15 is 0 Å². The van der Waals surface area contributed by atoms with Crippen molar-refractivity contribution in [3.05, 3.63) is 58.3 Å². The molecule has 0 spiro atoms. The minimum Gasteiger partial charge on any atom is -0.363 e. The molecule has 1 fully saturated rings. The van der Waals surface area contributed by atoms with Gasteiger partial charge in [0.1, 0.15) is 33.0 Å². The van der Waals surface area contributed by atoms with E-state index in [1.54, 1.807) is 6.07 Å². The lowest BCUT2D eigenvalue weighted by atomic mass is 9.94. The Kier molecular flexibility index (Phi) is 6.21. The van der Waals surface area contributed by atoms with Gasteiger partial charge in [-0.3, -0.25) is 0 Å². The number of pyridine rings is 1. The summed E-state index contributed by atoms with van der Waals surface area (Å²) in [6.45, 7) is 1.52. The first-order valence-electron chi connectivity index (χ1n) is 10.1. The third kappa shape index (κ3) is 4.89. The van der Waals surface area contributed by atoms with Gasteiger partial charge in [-0.1, -0.05) is 23.7 Å². The fraction of sp³-hybridized carbons (Fsp3) is 0.381. The van der Waals surface area contributed by atoms with Gasteiger partial charge in [-0.15, -0.1) is 0 Å². The van der Waals surface area contributed by atoms with Crippen LogP contribution >= 0.6 is 11.6 Å². The molecule has 4 rings (SSSR count). The Hall–Kier alpha value is -2.53. The van der Waals surface area contributed by atoms with Crippen molar-refractivity contribution in [2.24, 2.45) is 0 Å². The number of nitrogens with one attached hydrogen (secondary N) is 1. The monoisotopic (exact) mass is 502 g/mol. The van der Waals surface area contributed by atoms with Gasteiger partial charge in [0.2, 0.25) is 0 Å². The molecule has 1 saturated heterocycles. The van der Waals surface area contributed by atoms with Crippen molar-refractivity contribution in [3.63, 3.8) is 0 Å². The van der Waals surface area contributed by atoms with Gasteiger partial charge in [-0.2, -0.15) is 13.2 Å². The first-order chi connectivity index (χ1) is 15.5. The van der Waals surface area contributed by atoms with Crippen LogP contribution in [-0.4, -0.2) is 34.9 Å². The van der Waals surface area contributed by atoms with Crippen LogP contribution in [0, 0.1) is 5.82 Å². The third-order valence-electron chi connectivity index (χ3n) is 5.75. The Labute approximate surface area is 192 Å². The average Bonchev–Trinajstić information content (AvgIpc) is 2.73. The van der Waals surface area contributed by atoms with Gasteiger partial charge in [0.05, 0.1) is 28.5 Å². The molecule has 1 aliphatic rings. The van der Waals surface area contributed by atoms with Crippen molar-refractivity contribution in [1.29, 1.82) is 0 Å². The summed E-state index contributed by atoms with van der Waals surface area (Å²) in [5, 5.41) is 3.60. The summed E-state index contributed by atoms with van der Waals surface area (Å²) in [5.41, 5.74) is -0.614. The largest absolute Gasteiger partial charge is 0.419 e.